The van der Waals surface area contributed by atoms with E-state index in [0.717, 1.165) is 19.4 Å². The van der Waals surface area contributed by atoms with Crippen LogP contribution in [-0.4, -0.2) is 52.1 Å². The van der Waals surface area contributed by atoms with Crippen LogP contribution in [0.3, 0.4) is 0 Å². The van der Waals surface area contributed by atoms with E-state index in [9.17, 15) is 10.1 Å². The first kappa shape index (κ1) is 42.5. The van der Waals surface area contributed by atoms with Crippen molar-refractivity contribution in [1.29, 1.82) is 5.26 Å². The van der Waals surface area contributed by atoms with Crippen molar-refractivity contribution in [3.05, 3.63) is 128 Å². The van der Waals surface area contributed by atoms with Gasteiger partial charge in [0, 0.05) is 15.6 Å². The molecule has 12 nitrogen and oxygen atoms in total. The molecule has 58 heavy (non-hydrogen) atoms. The van der Waals surface area contributed by atoms with Crippen LogP contribution in [0.25, 0.3) is 15.2 Å². The van der Waals surface area contributed by atoms with Crippen molar-refractivity contribution in [2.45, 2.75) is 78.6 Å². The summed E-state index contributed by atoms with van der Waals surface area (Å²) in [5.74, 6) is -0.232. The number of fused-ring (bicyclic) bond motifs is 1. The van der Waals surface area contributed by atoms with Crippen molar-refractivity contribution in [3.8, 4) is 16.8 Å². The maximum absolute atomic E-state index is 15.3. The zero-order valence-corrected chi connectivity index (χ0v) is 37.5. The number of hydrogen-bond acceptors (Lipinski definition) is 10. The van der Waals surface area contributed by atoms with Gasteiger partial charge in [0.25, 0.3) is 5.56 Å². The number of nitriles is 1. The van der Waals surface area contributed by atoms with Crippen molar-refractivity contribution in [2.75, 3.05) is 13.7 Å². The number of rotatable bonds is 13. The third-order valence-electron chi connectivity index (χ3n) is 10.3. The number of benzene rings is 3. The summed E-state index contributed by atoms with van der Waals surface area (Å²) < 4.78 is 22.4. The third kappa shape index (κ3) is 7.73. The zero-order valence-electron chi connectivity index (χ0n) is 34.1. The molecule has 0 saturated heterocycles. The largest absolute Gasteiger partial charge is 0.508 e. The lowest BCUT2D eigenvalue weighted by atomic mass is 9.97. The molecule has 1 atom stereocenters. The Morgan fingerprint density at radius 3 is 2.05 bits per heavy atom. The molecule has 0 N–H and O–H groups in total. The van der Waals surface area contributed by atoms with Gasteiger partial charge in [-0.3, -0.25) is 14.2 Å². The highest BCUT2D eigenvalue weighted by Crippen LogP contribution is 2.39. The van der Waals surface area contributed by atoms with Gasteiger partial charge < -0.3 is 13.9 Å². The Kier molecular flexibility index (Phi) is 11.9. The minimum atomic E-state index is -3.48. The Morgan fingerprint density at radius 2 is 1.52 bits per heavy atom. The average Bonchev–Trinajstić information content (AvgIpc) is 3.85. The normalized spacial score (nSPS) is 13.0. The second kappa shape index (κ2) is 16.2. The van der Waals surface area contributed by atoms with E-state index in [-0.39, 0.29) is 18.5 Å². The summed E-state index contributed by atoms with van der Waals surface area (Å²) in [5.41, 5.74) is -2.95. The predicted octanol–water partition coefficient (Wildman–Crippen LogP) is 7.03. The van der Waals surface area contributed by atoms with Gasteiger partial charge >= 0.3 is 20.0 Å². The number of aromatic nitrogens is 5. The van der Waals surface area contributed by atoms with Crippen LogP contribution in [0.4, 0.5) is 0 Å². The lowest BCUT2D eigenvalue weighted by molar-refractivity contribution is -0.144. The molecule has 3 aromatic carbocycles. The van der Waals surface area contributed by atoms with Gasteiger partial charge in [0.1, 0.15) is 27.2 Å². The van der Waals surface area contributed by atoms with Crippen molar-refractivity contribution >= 4 is 62.1 Å². The minimum absolute atomic E-state index is 0.0175. The minimum Gasteiger partial charge on any atom is -0.508 e. The van der Waals surface area contributed by atoms with Crippen molar-refractivity contribution in [1.82, 2.24) is 24.1 Å². The number of hydrogen-bond donors (Lipinski definition) is 0. The fourth-order valence-electron chi connectivity index (χ4n) is 7.21. The number of carbonyl (C=O) groups excluding carboxylic acids is 1. The number of halogens is 1. The molecule has 0 aliphatic rings. The SMILES string of the molecule is COc1ccc(Br)cc1[C@H](Cn1c(=O)n(C(C)(C)C(=O)O[Si](c2ccccc2)(c2ccccc2)C(C)(C)C)c(=O)c2c(C)c(-n3nccn3)sc21)OCC(C)(C)C#N. The molecular formula is C43H47BrN6O6SSi. The first-order valence-electron chi connectivity index (χ1n) is 18.7. The average molecular weight is 884 g/mol. The van der Waals surface area contributed by atoms with Crippen LogP contribution in [0.5, 0.6) is 5.75 Å². The van der Waals surface area contributed by atoms with Crippen LogP contribution in [0.2, 0.25) is 5.04 Å². The van der Waals surface area contributed by atoms with Crippen LogP contribution >= 0.6 is 27.3 Å². The van der Waals surface area contributed by atoms with E-state index < -0.39 is 47.6 Å². The van der Waals surface area contributed by atoms with Gasteiger partial charge in [0.05, 0.1) is 49.5 Å². The van der Waals surface area contributed by atoms with Gasteiger partial charge in [-0.15, -0.1) is 4.80 Å². The highest BCUT2D eigenvalue weighted by molar-refractivity contribution is 9.10. The first-order valence-corrected chi connectivity index (χ1v) is 22.3. The van der Waals surface area contributed by atoms with E-state index in [1.807, 2.05) is 93.6 Å². The Balaban J connectivity index is 1.60. The summed E-state index contributed by atoms with van der Waals surface area (Å²) in [6, 6.07) is 27.1. The standard InChI is InChI=1S/C43H47BrN6O6SSi/c1-28-35-36(51)49(43(7,8)39(52)56-58(41(2,3)4,30-16-12-10-13-17-30)31-18-14-11-15-19-31)40(53)48(38(35)57-37(28)50-46-22-23-47-50)25-34(55-27-42(5,6)26-45)32-24-29(44)20-21-33(32)54-9/h10-24,34H,25,27H2,1-9H3/t34-/m0/s1. The monoisotopic (exact) mass is 882 g/mol. The molecule has 0 bridgehead atoms. The Hall–Kier alpha value is -5.14. The van der Waals surface area contributed by atoms with Gasteiger partial charge in [0.15, 0.2) is 0 Å². The molecule has 3 aromatic heterocycles. The number of methoxy groups -OCH3 is 1. The van der Waals surface area contributed by atoms with E-state index in [1.54, 1.807) is 47.8 Å². The maximum Gasteiger partial charge on any atom is 0.333 e. The Bertz CT molecular complexity index is 2570. The molecule has 0 unspecified atom stereocenters. The number of ether oxygens (including phenoxy) is 2. The van der Waals surface area contributed by atoms with Crippen molar-refractivity contribution in [2.24, 2.45) is 5.41 Å². The predicted molar refractivity (Wildman–Crippen MR) is 232 cm³/mol. The zero-order chi connectivity index (χ0) is 42.2. The number of thiophene rings is 1. The van der Waals surface area contributed by atoms with Gasteiger partial charge in [-0.2, -0.15) is 15.5 Å². The molecule has 15 heteroatoms. The molecule has 6 aromatic rings. The van der Waals surface area contributed by atoms with Crippen molar-refractivity contribution < 1.29 is 18.7 Å². The lowest BCUT2D eigenvalue weighted by Gasteiger charge is -2.43. The second-order valence-corrected chi connectivity index (χ2v) is 22.5. The molecule has 0 amide bonds. The van der Waals surface area contributed by atoms with Gasteiger partial charge in [-0.25, -0.2) is 9.36 Å². The summed E-state index contributed by atoms with van der Waals surface area (Å²) in [4.78, 5) is 47.1. The quantitative estimate of drug-likeness (QED) is 0.112. The first-order chi connectivity index (χ1) is 27.4. The van der Waals surface area contributed by atoms with Crippen LogP contribution < -0.4 is 26.4 Å². The number of aryl methyl sites for hydroxylation is 1. The fourth-order valence-corrected chi connectivity index (χ4v) is 13.3. The van der Waals surface area contributed by atoms with Crippen LogP contribution in [0.15, 0.2) is 105 Å². The van der Waals surface area contributed by atoms with E-state index >= 15 is 9.59 Å². The van der Waals surface area contributed by atoms with Crippen LogP contribution in [0.1, 0.15) is 65.7 Å². The van der Waals surface area contributed by atoms with Gasteiger partial charge in [-0.05, 0) is 68.2 Å². The van der Waals surface area contributed by atoms with Crippen LogP contribution in [-0.2, 0) is 26.0 Å². The summed E-state index contributed by atoms with van der Waals surface area (Å²) in [5, 5.41) is 20.5. The molecule has 0 aliphatic heterocycles. The smallest absolute Gasteiger partial charge is 0.333 e. The Labute approximate surface area is 350 Å². The molecule has 6 rings (SSSR count). The summed E-state index contributed by atoms with van der Waals surface area (Å²) in [6.07, 6.45) is 2.20. The molecule has 3 heterocycles. The topological polar surface area (TPSA) is 143 Å². The Morgan fingerprint density at radius 1 is 0.931 bits per heavy atom. The van der Waals surface area contributed by atoms with Crippen LogP contribution in [0, 0.1) is 23.7 Å². The second-order valence-electron chi connectivity index (χ2n) is 16.4. The molecular weight excluding hydrogens is 837 g/mol. The van der Waals surface area contributed by atoms with E-state index in [2.05, 4.69) is 32.2 Å². The van der Waals surface area contributed by atoms with Gasteiger partial charge in [-0.1, -0.05) is 109 Å². The number of nitrogens with zero attached hydrogens (tertiary/aromatic N) is 6. The summed E-state index contributed by atoms with van der Waals surface area (Å²) in [7, 11) is -1.93. The van der Waals surface area contributed by atoms with Crippen molar-refractivity contribution in [3.63, 3.8) is 0 Å². The van der Waals surface area contributed by atoms with E-state index in [1.165, 1.54) is 33.1 Å². The molecule has 0 fully saturated rings. The van der Waals surface area contributed by atoms with Gasteiger partial charge in [0.2, 0.25) is 0 Å². The fraction of sp³-hybridized carbons (Fsp3) is 0.349. The molecule has 0 saturated carbocycles. The molecule has 0 radical (unpaired) electrons. The molecule has 0 spiro atoms. The molecule has 0 aliphatic carbocycles. The number of carbonyl (C=O) groups is 1. The van der Waals surface area contributed by atoms with E-state index in [4.69, 9.17) is 13.9 Å². The maximum atomic E-state index is 15.3. The highest BCUT2D eigenvalue weighted by atomic mass is 79.9. The lowest BCUT2D eigenvalue weighted by Crippen LogP contribution is -2.69. The summed E-state index contributed by atoms with van der Waals surface area (Å²) >= 11 is 4.75. The molecule has 302 valence electrons. The summed E-state index contributed by atoms with van der Waals surface area (Å²) in [6.45, 7) is 14.4. The highest BCUT2D eigenvalue weighted by Gasteiger charge is 2.55. The third-order valence-corrected chi connectivity index (χ3v) is 17.0. The van der Waals surface area contributed by atoms with E-state index in [0.29, 0.717) is 26.7 Å².